The summed E-state index contributed by atoms with van der Waals surface area (Å²) in [6, 6.07) is 0. The predicted octanol–water partition coefficient (Wildman–Crippen LogP) is 1.88. The summed E-state index contributed by atoms with van der Waals surface area (Å²) in [5, 5.41) is 0. The fraction of sp³-hybridized carbons (Fsp3) is 0.923. The summed E-state index contributed by atoms with van der Waals surface area (Å²) in [4.78, 5) is 11.0. The van der Waals surface area contributed by atoms with Crippen molar-refractivity contribution in [3.05, 3.63) is 0 Å². The van der Waals surface area contributed by atoms with E-state index in [1.165, 1.54) is 7.11 Å². The standard InChI is InChI=1S/C13H27NO4S/c1-11(2)9-14(10-12(3)4)19(16,17)8-6-7-13(15)18-5/h11-12H,6-10H2,1-5H3. The van der Waals surface area contributed by atoms with Gasteiger partial charge in [0.1, 0.15) is 0 Å². The number of carbonyl (C=O) groups is 1. The van der Waals surface area contributed by atoms with E-state index < -0.39 is 10.0 Å². The molecule has 0 aromatic carbocycles. The van der Waals surface area contributed by atoms with Crippen molar-refractivity contribution >= 4 is 16.0 Å². The SMILES string of the molecule is COC(=O)CCCS(=O)(=O)N(CC(C)C)CC(C)C. The van der Waals surface area contributed by atoms with Gasteiger partial charge in [-0.25, -0.2) is 12.7 Å². The molecule has 0 spiro atoms. The molecule has 0 radical (unpaired) electrons. The maximum Gasteiger partial charge on any atom is 0.305 e. The molecular weight excluding hydrogens is 266 g/mol. The molecule has 114 valence electrons. The van der Waals surface area contributed by atoms with Crippen molar-refractivity contribution in [2.45, 2.75) is 40.5 Å². The van der Waals surface area contributed by atoms with Crippen LogP contribution in [0.2, 0.25) is 0 Å². The lowest BCUT2D eigenvalue weighted by atomic mass is 10.2. The van der Waals surface area contributed by atoms with E-state index in [9.17, 15) is 13.2 Å². The molecule has 6 heteroatoms. The number of methoxy groups -OCH3 is 1. The molecule has 19 heavy (non-hydrogen) atoms. The summed E-state index contributed by atoms with van der Waals surface area (Å²) in [6.07, 6.45) is 0.453. The Bertz CT molecular complexity index is 353. The zero-order valence-corrected chi connectivity index (χ0v) is 13.5. The summed E-state index contributed by atoms with van der Waals surface area (Å²) >= 11 is 0. The van der Waals surface area contributed by atoms with E-state index in [1.807, 2.05) is 27.7 Å². The highest BCUT2D eigenvalue weighted by Crippen LogP contribution is 2.12. The third-order valence-electron chi connectivity index (χ3n) is 2.54. The molecule has 5 nitrogen and oxygen atoms in total. The largest absolute Gasteiger partial charge is 0.469 e. The summed E-state index contributed by atoms with van der Waals surface area (Å²) in [6.45, 7) is 9.04. The Hall–Kier alpha value is -0.620. The molecule has 0 amide bonds. The van der Waals surface area contributed by atoms with Crippen LogP contribution in [-0.4, -0.2) is 44.6 Å². The van der Waals surface area contributed by atoms with Gasteiger partial charge in [-0.05, 0) is 18.3 Å². The van der Waals surface area contributed by atoms with Gasteiger partial charge in [0.25, 0.3) is 0 Å². The molecule has 0 aromatic rings. The van der Waals surface area contributed by atoms with E-state index in [-0.39, 0.29) is 30.0 Å². The molecule has 0 heterocycles. The summed E-state index contributed by atoms with van der Waals surface area (Å²) in [5.74, 6) is 0.208. The van der Waals surface area contributed by atoms with Crippen LogP contribution in [0.15, 0.2) is 0 Å². The van der Waals surface area contributed by atoms with Gasteiger partial charge in [0.2, 0.25) is 10.0 Å². The number of sulfonamides is 1. The second kappa shape index (κ2) is 8.53. The monoisotopic (exact) mass is 293 g/mol. The summed E-state index contributed by atoms with van der Waals surface area (Å²) in [5.41, 5.74) is 0. The second-order valence-corrected chi connectivity index (χ2v) is 7.69. The van der Waals surface area contributed by atoms with E-state index in [0.717, 1.165) is 0 Å². The number of esters is 1. The van der Waals surface area contributed by atoms with Crippen molar-refractivity contribution in [1.29, 1.82) is 0 Å². The van der Waals surface area contributed by atoms with Crippen LogP contribution >= 0.6 is 0 Å². The Morgan fingerprint density at radius 3 is 1.95 bits per heavy atom. The highest BCUT2D eigenvalue weighted by Gasteiger charge is 2.23. The van der Waals surface area contributed by atoms with Gasteiger partial charge in [0, 0.05) is 19.5 Å². The number of hydrogen-bond donors (Lipinski definition) is 0. The summed E-state index contributed by atoms with van der Waals surface area (Å²) < 4.78 is 30.5. The molecular formula is C13H27NO4S. The van der Waals surface area contributed by atoms with Gasteiger partial charge >= 0.3 is 5.97 Å². The Kier molecular flexibility index (Phi) is 8.25. The highest BCUT2D eigenvalue weighted by molar-refractivity contribution is 7.89. The molecule has 0 aliphatic rings. The fourth-order valence-corrected chi connectivity index (χ4v) is 3.56. The molecule has 0 saturated heterocycles. The molecule has 0 aliphatic heterocycles. The minimum atomic E-state index is -3.29. The predicted molar refractivity (Wildman–Crippen MR) is 76.3 cm³/mol. The first kappa shape index (κ1) is 18.4. The molecule has 0 N–H and O–H groups in total. The maximum atomic E-state index is 12.2. The van der Waals surface area contributed by atoms with Crippen molar-refractivity contribution in [3.63, 3.8) is 0 Å². The first-order valence-corrected chi connectivity index (χ1v) is 8.34. The van der Waals surface area contributed by atoms with Crippen LogP contribution in [0.1, 0.15) is 40.5 Å². The Morgan fingerprint density at radius 1 is 1.11 bits per heavy atom. The molecule has 0 bridgehead atoms. The number of ether oxygens (including phenoxy) is 1. The molecule has 0 saturated carbocycles. The Labute approximate surface area is 117 Å². The molecule has 0 atom stereocenters. The third-order valence-corrected chi connectivity index (χ3v) is 4.43. The lowest BCUT2D eigenvalue weighted by Gasteiger charge is -2.25. The minimum absolute atomic E-state index is 0.00153. The van der Waals surface area contributed by atoms with Gasteiger partial charge in [0.05, 0.1) is 12.9 Å². The molecule has 0 unspecified atom stereocenters. The van der Waals surface area contributed by atoms with Gasteiger partial charge in [-0.3, -0.25) is 4.79 Å². The quantitative estimate of drug-likeness (QED) is 0.609. The molecule has 0 fully saturated rings. The average Bonchev–Trinajstić information content (AvgIpc) is 2.26. The van der Waals surface area contributed by atoms with Crippen LogP contribution in [0.3, 0.4) is 0 Å². The maximum absolute atomic E-state index is 12.2. The highest BCUT2D eigenvalue weighted by atomic mass is 32.2. The van der Waals surface area contributed by atoms with Crippen LogP contribution in [0, 0.1) is 11.8 Å². The Balaban J connectivity index is 4.55. The van der Waals surface area contributed by atoms with Crippen LogP contribution < -0.4 is 0 Å². The topological polar surface area (TPSA) is 63.7 Å². The molecule has 0 rings (SSSR count). The van der Waals surface area contributed by atoms with Gasteiger partial charge in [-0.1, -0.05) is 27.7 Å². The van der Waals surface area contributed by atoms with Gasteiger partial charge < -0.3 is 4.74 Å². The normalized spacial score (nSPS) is 12.4. The van der Waals surface area contributed by atoms with Crippen molar-refractivity contribution < 1.29 is 17.9 Å². The van der Waals surface area contributed by atoms with Crippen LogP contribution in [-0.2, 0) is 19.6 Å². The first-order valence-electron chi connectivity index (χ1n) is 6.73. The molecule has 0 aliphatic carbocycles. The minimum Gasteiger partial charge on any atom is -0.469 e. The van der Waals surface area contributed by atoms with E-state index in [2.05, 4.69) is 4.74 Å². The lowest BCUT2D eigenvalue weighted by molar-refractivity contribution is -0.140. The fourth-order valence-electron chi connectivity index (χ4n) is 1.75. The number of nitrogens with zero attached hydrogens (tertiary/aromatic N) is 1. The zero-order chi connectivity index (χ0) is 15.1. The number of carbonyl (C=O) groups excluding carboxylic acids is 1. The van der Waals surface area contributed by atoms with Crippen LogP contribution in [0.4, 0.5) is 0 Å². The van der Waals surface area contributed by atoms with Crippen molar-refractivity contribution in [2.24, 2.45) is 11.8 Å². The van der Waals surface area contributed by atoms with Gasteiger partial charge in [-0.15, -0.1) is 0 Å². The van der Waals surface area contributed by atoms with Gasteiger partial charge in [0.15, 0.2) is 0 Å². The smallest absolute Gasteiger partial charge is 0.305 e. The number of hydrogen-bond acceptors (Lipinski definition) is 4. The molecule has 0 aromatic heterocycles. The van der Waals surface area contributed by atoms with Crippen LogP contribution in [0.25, 0.3) is 0 Å². The second-order valence-electron chi connectivity index (χ2n) is 5.60. The van der Waals surface area contributed by atoms with E-state index in [4.69, 9.17) is 0 Å². The first-order chi connectivity index (χ1) is 8.69. The van der Waals surface area contributed by atoms with Crippen molar-refractivity contribution in [1.82, 2.24) is 4.31 Å². The average molecular weight is 293 g/mol. The van der Waals surface area contributed by atoms with E-state index in [1.54, 1.807) is 4.31 Å². The summed E-state index contributed by atoms with van der Waals surface area (Å²) in [7, 11) is -1.98. The van der Waals surface area contributed by atoms with E-state index in [0.29, 0.717) is 19.5 Å². The van der Waals surface area contributed by atoms with Crippen molar-refractivity contribution in [2.75, 3.05) is 26.0 Å². The van der Waals surface area contributed by atoms with Crippen molar-refractivity contribution in [3.8, 4) is 0 Å². The third kappa shape index (κ3) is 8.21. The number of rotatable bonds is 9. The van der Waals surface area contributed by atoms with Gasteiger partial charge in [-0.2, -0.15) is 0 Å². The zero-order valence-electron chi connectivity index (χ0n) is 12.7. The van der Waals surface area contributed by atoms with Crippen LogP contribution in [0.5, 0.6) is 0 Å². The van der Waals surface area contributed by atoms with E-state index >= 15 is 0 Å². The lowest BCUT2D eigenvalue weighted by Crippen LogP contribution is -2.38. The Morgan fingerprint density at radius 2 is 1.58 bits per heavy atom.